The molecule has 0 aliphatic carbocycles. The van der Waals surface area contributed by atoms with E-state index in [-0.39, 0.29) is 5.91 Å². The van der Waals surface area contributed by atoms with Crippen LogP contribution in [0.2, 0.25) is 0 Å². The van der Waals surface area contributed by atoms with Gasteiger partial charge in [0.05, 0.1) is 12.8 Å². The van der Waals surface area contributed by atoms with Gasteiger partial charge in [0.15, 0.2) is 0 Å². The molecular formula is C11H14N2O2. The van der Waals surface area contributed by atoms with Gasteiger partial charge in [0.2, 0.25) is 5.91 Å². The van der Waals surface area contributed by atoms with Gasteiger partial charge in [0.25, 0.3) is 0 Å². The van der Waals surface area contributed by atoms with E-state index in [1.54, 1.807) is 18.9 Å². The van der Waals surface area contributed by atoms with E-state index in [2.05, 4.69) is 0 Å². The molecule has 0 aromatic heterocycles. The Kier molecular flexibility index (Phi) is 2.26. The molecule has 2 rings (SSSR count). The van der Waals surface area contributed by atoms with E-state index in [9.17, 15) is 4.79 Å². The lowest BCUT2D eigenvalue weighted by Gasteiger charge is -2.10. The highest BCUT2D eigenvalue weighted by molar-refractivity contribution is 5.74. The van der Waals surface area contributed by atoms with Gasteiger partial charge in [-0.15, -0.1) is 0 Å². The van der Waals surface area contributed by atoms with E-state index in [1.807, 2.05) is 12.1 Å². The lowest BCUT2D eigenvalue weighted by atomic mass is 10.1. The summed E-state index contributed by atoms with van der Waals surface area (Å²) in [6.45, 7) is 2.88. The molecule has 0 saturated carbocycles. The predicted molar refractivity (Wildman–Crippen MR) is 57.3 cm³/mol. The number of nitrogens with two attached hydrogens (primary N) is 1. The standard InChI is InChI=1S/C11H14N2O2/c1-7(14)13-5-8-3-10(12)11(15-2)4-9(8)6-13/h3-4H,5-6,12H2,1-2H3. The first-order valence-corrected chi connectivity index (χ1v) is 4.82. The fourth-order valence-electron chi connectivity index (χ4n) is 1.85. The topological polar surface area (TPSA) is 55.6 Å². The van der Waals surface area contributed by atoms with Crippen LogP contribution < -0.4 is 10.5 Å². The fraction of sp³-hybridized carbons (Fsp3) is 0.364. The number of anilines is 1. The zero-order chi connectivity index (χ0) is 11.0. The molecule has 1 aliphatic heterocycles. The highest BCUT2D eigenvalue weighted by Gasteiger charge is 2.22. The quantitative estimate of drug-likeness (QED) is 0.701. The lowest BCUT2D eigenvalue weighted by molar-refractivity contribution is -0.129. The van der Waals surface area contributed by atoms with Crippen LogP contribution in [-0.4, -0.2) is 17.9 Å². The zero-order valence-corrected chi connectivity index (χ0v) is 8.91. The van der Waals surface area contributed by atoms with Crippen molar-refractivity contribution in [2.24, 2.45) is 0 Å². The Balaban J connectivity index is 2.35. The maximum absolute atomic E-state index is 11.2. The summed E-state index contributed by atoms with van der Waals surface area (Å²) in [6, 6.07) is 3.80. The first kappa shape index (κ1) is 9.83. The van der Waals surface area contributed by atoms with Crippen molar-refractivity contribution in [2.45, 2.75) is 20.0 Å². The third-order valence-electron chi connectivity index (χ3n) is 2.72. The SMILES string of the molecule is COc1cc2c(cc1N)CN(C(C)=O)C2. The molecule has 0 bridgehead atoms. The fourth-order valence-corrected chi connectivity index (χ4v) is 1.85. The van der Waals surface area contributed by atoms with Crippen molar-refractivity contribution < 1.29 is 9.53 Å². The van der Waals surface area contributed by atoms with Crippen LogP contribution in [0.15, 0.2) is 12.1 Å². The largest absolute Gasteiger partial charge is 0.495 e. The highest BCUT2D eigenvalue weighted by Crippen LogP contribution is 2.31. The normalized spacial score (nSPS) is 13.9. The van der Waals surface area contributed by atoms with Crippen LogP contribution in [0.1, 0.15) is 18.1 Å². The number of nitrogens with zero attached hydrogens (tertiary/aromatic N) is 1. The van der Waals surface area contributed by atoms with Gasteiger partial charge in [0, 0.05) is 20.0 Å². The molecule has 0 saturated heterocycles. The summed E-state index contributed by atoms with van der Waals surface area (Å²) in [7, 11) is 1.59. The first-order chi connectivity index (χ1) is 7.11. The minimum absolute atomic E-state index is 0.0868. The molecule has 0 radical (unpaired) electrons. The van der Waals surface area contributed by atoms with Crippen molar-refractivity contribution in [3.8, 4) is 5.75 Å². The van der Waals surface area contributed by atoms with Crippen molar-refractivity contribution in [2.75, 3.05) is 12.8 Å². The smallest absolute Gasteiger partial charge is 0.220 e. The average Bonchev–Trinajstić information content (AvgIpc) is 2.59. The molecule has 1 amide bonds. The number of carbonyl (C=O) groups is 1. The van der Waals surface area contributed by atoms with E-state index in [0.29, 0.717) is 24.5 Å². The Bertz CT molecular complexity index is 415. The summed E-state index contributed by atoms with van der Waals surface area (Å²) in [5, 5.41) is 0. The molecule has 1 aromatic rings. The van der Waals surface area contributed by atoms with E-state index in [4.69, 9.17) is 10.5 Å². The van der Waals surface area contributed by atoms with Gasteiger partial charge >= 0.3 is 0 Å². The second-order valence-corrected chi connectivity index (χ2v) is 3.74. The van der Waals surface area contributed by atoms with Crippen LogP contribution in [0.5, 0.6) is 5.75 Å². The van der Waals surface area contributed by atoms with Gasteiger partial charge in [-0.05, 0) is 23.3 Å². The maximum Gasteiger partial charge on any atom is 0.220 e. The number of hydrogen-bond donors (Lipinski definition) is 1. The van der Waals surface area contributed by atoms with Crippen molar-refractivity contribution in [1.82, 2.24) is 4.90 Å². The van der Waals surface area contributed by atoms with E-state index in [1.165, 1.54) is 0 Å². The van der Waals surface area contributed by atoms with Gasteiger partial charge in [0.1, 0.15) is 5.75 Å². The second kappa shape index (κ2) is 3.46. The minimum Gasteiger partial charge on any atom is -0.495 e. The second-order valence-electron chi connectivity index (χ2n) is 3.74. The molecule has 4 heteroatoms. The summed E-state index contributed by atoms with van der Waals surface area (Å²) in [5.74, 6) is 0.767. The molecule has 15 heavy (non-hydrogen) atoms. The number of carbonyl (C=O) groups excluding carboxylic acids is 1. The van der Waals surface area contributed by atoms with Crippen LogP contribution in [0, 0.1) is 0 Å². The molecule has 4 nitrogen and oxygen atoms in total. The number of amides is 1. The summed E-state index contributed by atoms with van der Waals surface area (Å²) >= 11 is 0. The van der Waals surface area contributed by atoms with Crippen molar-refractivity contribution in [1.29, 1.82) is 0 Å². The van der Waals surface area contributed by atoms with Crippen molar-refractivity contribution in [3.05, 3.63) is 23.3 Å². The number of ether oxygens (including phenoxy) is 1. The van der Waals surface area contributed by atoms with Gasteiger partial charge in [-0.25, -0.2) is 0 Å². The van der Waals surface area contributed by atoms with Crippen molar-refractivity contribution in [3.63, 3.8) is 0 Å². The number of methoxy groups -OCH3 is 1. The van der Waals surface area contributed by atoms with Crippen LogP contribution in [0.25, 0.3) is 0 Å². The van der Waals surface area contributed by atoms with Gasteiger partial charge in [-0.1, -0.05) is 0 Å². The lowest BCUT2D eigenvalue weighted by Crippen LogP contribution is -2.21. The maximum atomic E-state index is 11.2. The minimum atomic E-state index is 0.0868. The Labute approximate surface area is 88.6 Å². The van der Waals surface area contributed by atoms with E-state index >= 15 is 0 Å². The Morgan fingerprint density at radius 3 is 2.53 bits per heavy atom. The Morgan fingerprint density at radius 2 is 2.00 bits per heavy atom. The predicted octanol–water partition coefficient (Wildman–Crippen LogP) is 1.14. The van der Waals surface area contributed by atoms with Gasteiger partial charge < -0.3 is 15.4 Å². The molecule has 0 fully saturated rings. The molecular weight excluding hydrogens is 192 g/mol. The van der Waals surface area contributed by atoms with Gasteiger partial charge in [-0.3, -0.25) is 4.79 Å². The number of benzene rings is 1. The molecule has 1 aliphatic rings. The summed E-state index contributed by atoms with van der Waals surface area (Å²) in [6.07, 6.45) is 0. The molecule has 0 unspecified atom stereocenters. The summed E-state index contributed by atoms with van der Waals surface area (Å²) < 4.78 is 5.14. The van der Waals surface area contributed by atoms with E-state index < -0.39 is 0 Å². The number of rotatable bonds is 1. The molecule has 0 spiro atoms. The van der Waals surface area contributed by atoms with Crippen molar-refractivity contribution >= 4 is 11.6 Å². The summed E-state index contributed by atoms with van der Waals surface area (Å²) in [5.41, 5.74) is 8.66. The van der Waals surface area contributed by atoms with Crippen LogP contribution in [-0.2, 0) is 17.9 Å². The summed E-state index contributed by atoms with van der Waals surface area (Å²) in [4.78, 5) is 13.0. The van der Waals surface area contributed by atoms with Gasteiger partial charge in [-0.2, -0.15) is 0 Å². The molecule has 2 N–H and O–H groups in total. The third-order valence-corrected chi connectivity index (χ3v) is 2.72. The number of hydrogen-bond acceptors (Lipinski definition) is 3. The molecule has 1 aromatic carbocycles. The monoisotopic (exact) mass is 206 g/mol. The molecule has 80 valence electrons. The molecule has 1 heterocycles. The highest BCUT2D eigenvalue weighted by atomic mass is 16.5. The van der Waals surface area contributed by atoms with Crippen LogP contribution in [0.3, 0.4) is 0 Å². The average molecular weight is 206 g/mol. The zero-order valence-electron chi connectivity index (χ0n) is 8.91. The van der Waals surface area contributed by atoms with E-state index in [0.717, 1.165) is 11.1 Å². The molecule has 0 atom stereocenters. The van der Waals surface area contributed by atoms with Crippen LogP contribution in [0.4, 0.5) is 5.69 Å². The third kappa shape index (κ3) is 1.63. The first-order valence-electron chi connectivity index (χ1n) is 4.82. The Hall–Kier alpha value is -1.71. The van der Waals surface area contributed by atoms with Crippen LogP contribution >= 0.6 is 0 Å². The Morgan fingerprint density at radius 1 is 1.40 bits per heavy atom. The number of fused-ring (bicyclic) bond motifs is 1. The number of nitrogen functional groups attached to an aromatic ring is 1.